The lowest BCUT2D eigenvalue weighted by Gasteiger charge is -2.11. The zero-order valence-electron chi connectivity index (χ0n) is 8.25. The van der Waals surface area contributed by atoms with Crippen LogP contribution in [0.1, 0.15) is 0 Å². The van der Waals surface area contributed by atoms with Gasteiger partial charge in [0.25, 0.3) is 0 Å². The molecule has 0 fully saturated rings. The zero-order chi connectivity index (χ0) is 9.97. The van der Waals surface area contributed by atoms with Gasteiger partial charge in [-0.25, -0.2) is 9.67 Å². The summed E-state index contributed by atoms with van der Waals surface area (Å²) in [5.74, 6) is 1.76. The van der Waals surface area contributed by atoms with Crippen LogP contribution >= 0.6 is 0 Å². The van der Waals surface area contributed by atoms with E-state index >= 15 is 0 Å². The highest BCUT2D eigenvalue weighted by atomic mass is 15.3. The molecule has 0 unspecified atom stereocenters. The number of hydrogen-bond donors (Lipinski definition) is 0. The monoisotopic (exact) mass is 188 g/mol. The van der Waals surface area contributed by atoms with Crippen molar-refractivity contribution >= 4 is 5.82 Å². The fraction of sp³-hybridized carbons (Fsp3) is 0.200. The molecule has 4 nitrogen and oxygen atoms in total. The van der Waals surface area contributed by atoms with Crippen LogP contribution < -0.4 is 4.90 Å². The van der Waals surface area contributed by atoms with Crippen LogP contribution in [0.2, 0.25) is 0 Å². The average Bonchev–Trinajstić information content (AvgIpc) is 2.71. The fourth-order valence-corrected chi connectivity index (χ4v) is 1.19. The molecule has 4 heteroatoms. The van der Waals surface area contributed by atoms with Crippen LogP contribution in [0, 0.1) is 0 Å². The van der Waals surface area contributed by atoms with Crippen molar-refractivity contribution in [2.24, 2.45) is 0 Å². The Balaban J connectivity index is 2.41. The summed E-state index contributed by atoms with van der Waals surface area (Å²) in [5.41, 5.74) is 0. The standard InChI is InChI=1S/C10H12N4/c1-13(2)9-5-3-6-10(12-9)14-8-4-7-11-14/h3-8H,1-2H3. The van der Waals surface area contributed by atoms with E-state index in [1.807, 2.05) is 49.5 Å². The summed E-state index contributed by atoms with van der Waals surface area (Å²) >= 11 is 0. The largest absolute Gasteiger partial charge is 0.363 e. The predicted octanol–water partition coefficient (Wildman–Crippen LogP) is 1.33. The van der Waals surface area contributed by atoms with Crippen LogP contribution in [-0.4, -0.2) is 28.9 Å². The first-order chi connectivity index (χ1) is 6.77. The molecule has 0 N–H and O–H groups in total. The van der Waals surface area contributed by atoms with Crippen molar-refractivity contribution in [3.8, 4) is 5.82 Å². The number of hydrogen-bond acceptors (Lipinski definition) is 3. The average molecular weight is 188 g/mol. The first-order valence-electron chi connectivity index (χ1n) is 4.42. The highest BCUT2D eigenvalue weighted by Crippen LogP contribution is 2.10. The molecule has 0 saturated heterocycles. The van der Waals surface area contributed by atoms with E-state index in [1.54, 1.807) is 10.9 Å². The first kappa shape index (κ1) is 8.74. The zero-order valence-corrected chi connectivity index (χ0v) is 8.25. The molecular formula is C10H12N4. The van der Waals surface area contributed by atoms with Gasteiger partial charge in [0.2, 0.25) is 0 Å². The smallest absolute Gasteiger partial charge is 0.155 e. The highest BCUT2D eigenvalue weighted by molar-refractivity contribution is 5.40. The van der Waals surface area contributed by atoms with E-state index in [4.69, 9.17) is 0 Å². The minimum atomic E-state index is 0.834. The summed E-state index contributed by atoms with van der Waals surface area (Å²) < 4.78 is 1.74. The molecule has 0 bridgehead atoms. The van der Waals surface area contributed by atoms with Crippen molar-refractivity contribution in [1.29, 1.82) is 0 Å². The normalized spacial score (nSPS) is 10.1. The van der Waals surface area contributed by atoms with Crippen molar-refractivity contribution in [3.05, 3.63) is 36.7 Å². The molecule has 0 radical (unpaired) electrons. The van der Waals surface area contributed by atoms with Crippen LogP contribution in [0.5, 0.6) is 0 Å². The fourth-order valence-electron chi connectivity index (χ4n) is 1.19. The van der Waals surface area contributed by atoms with E-state index in [0.29, 0.717) is 0 Å². The molecule has 0 spiro atoms. The second-order valence-corrected chi connectivity index (χ2v) is 3.20. The van der Waals surface area contributed by atoms with E-state index in [2.05, 4.69) is 10.1 Å². The second kappa shape index (κ2) is 3.49. The van der Waals surface area contributed by atoms with Crippen molar-refractivity contribution in [2.45, 2.75) is 0 Å². The van der Waals surface area contributed by atoms with E-state index in [1.165, 1.54) is 0 Å². The van der Waals surface area contributed by atoms with E-state index in [0.717, 1.165) is 11.6 Å². The molecule has 0 amide bonds. The lowest BCUT2D eigenvalue weighted by molar-refractivity contribution is 0.842. The number of anilines is 1. The van der Waals surface area contributed by atoms with E-state index in [9.17, 15) is 0 Å². The summed E-state index contributed by atoms with van der Waals surface area (Å²) in [5, 5.41) is 4.12. The minimum Gasteiger partial charge on any atom is -0.363 e. The lowest BCUT2D eigenvalue weighted by atomic mass is 10.4. The maximum Gasteiger partial charge on any atom is 0.155 e. The third-order valence-corrected chi connectivity index (χ3v) is 1.92. The second-order valence-electron chi connectivity index (χ2n) is 3.20. The van der Waals surface area contributed by atoms with Crippen LogP contribution in [0.25, 0.3) is 5.82 Å². The molecule has 0 atom stereocenters. The van der Waals surface area contributed by atoms with Crippen LogP contribution in [0.4, 0.5) is 5.82 Å². The molecule has 2 aromatic heterocycles. The van der Waals surface area contributed by atoms with Gasteiger partial charge in [-0.05, 0) is 18.2 Å². The highest BCUT2D eigenvalue weighted by Gasteiger charge is 2.00. The maximum atomic E-state index is 4.44. The molecule has 0 saturated carbocycles. The van der Waals surface area contributed by atoms with Gasteiger partial charge in [-0.3, -0.25) is 0 Å². The predicted molar refractivity (Wildman–Crippen MR) is 55.7 cm³/mol. The summed E-state index contributed by atoms with van der Waals surface area (Å²) in [6, 6.07) is 7.75. The summed E-state index contributed by atoms with van der Waals surface area (Å²) in [6.45, 7) is 0. The molecule has 72 valence electrons. The molecule has 0 aromatic carbocycles. The molecule has 2 heterocycles. The topological polar surface area (TPSA) is 34.0 Å². The lowest BCUT2D eigenvalue weighted by Crippen LogP contribution is -2.11. The van der Waals surface area contributed by atoms with Gasteiger partial charge in [0, 0.05) is 26.5 Å². The number of pyridine rings is 1. The quantitative estimate of drug-likeness (QED) is 0.713. The van der Waals surface area contributed by atoms with Gasteiger partial charge < -0.3 is 4.90 Å². The van der Waals surface area contributed by atoms with Gasteiger partial charge in [0.15, 0.2) is 5.82 Å². The molecule has 14 heavy (non-hydrogen) atoms. The van der Waals surface area contributed by atoms with E-state index < -0.39 is 0 Å². The minimum absolute atomic E-state index is 0.834. The molecule has 2 rings (SSSR count). The Bertz CT molecular complexity index is 406. The van der Waals surface area contributed by atoms with Crippen molar-refractivity contribution < 1.29 is 0 Å². The summed E-state index contributed by atoms with van der Waals surface area (Å²) in [6.07, 6.45) is 3.62. The Morgan fingerprint density at radius 3 is 2.71 bits per heavy atom. The first-order valence-corrected chi connectivity index (χ1v) is 4.42. The number of nitrogens with zero attached hydrogens (tertiary/aromatic N) is 4. The number of aromatic nitrogens is 3. The third-order valence-electron chi connectivity index (χ3n) is 1.92. The van der Waals surface area contributed by atoms with Gasteiger partial charge >= 0.3 is 0 Å². The SMILES string of the molecule is CN(C)c1cccc(-n2cccn2)n1. The number of rotatable bonds is 2. The molecule has 0 aliphatic carbocycles. The molecular weight excluding hydrogens is 176 g/mol. The summed E-state index contributed by atoms with van der Waals surface area (Å²) in [4.78, 5) is 6.41. The van der Waals surface area contributed by atoms with E-state index in [-0.39, 0.29) is 0 Å². The maximum absolute atomic E-state index is 4.44. The van der Waals surface area contributed by atoms with Crippen molar-refractivity contribution in [2.75, 3.05) is 19.0 Å². The van der Waals surface area contributed by atoms with Crippen molar-refractivity contribution in [1.82, 2.24) is 14.8 Å². The Kier molecular flexibility index (Phi) is 2.18. The summed E-state index contributed by atoms with van der Waals surface area (Å²) in [7, 11) is 3.93. The van der Waals surface area contributed by atoms with Gasteiger partial charge in [-0.1, -0.05) is 6.07 Å². The Labute approximate surface area is 82.8 Å². The van der Waals surface area contributed by atoms with Gasteiger partial charge in [-0.2, -0.15) is 5.10 Å². The Morgan fingerprint density at radius 1 is 1.21 bits per heavy atom. The van der Waals surface area contributed by atoms with Gasteiger partial charge in [0.1, 0.15) is 5.82 Å². The van der Waals surface area contributed by atoms with Crippen molar-refractivity contribution in [3.63, 3.8) is 0 Å². The van der Waals surface area contributed by atoms with Gasteiger partial charge in [-0.15, -0.1) is 0 Å². The molecule has 0 aliphatic rings. The Hall–Kier alpha value is -1.84. The van der Waals surface area contributed by atoms with Crippen LogP contribution in [-0.2, 0) is 0 Å². The third kappa shape index (κ3) is 1.59. The Morgan fingerprint density at radius 2 is 2.07 bits per heavy atom. The van der Waals surface area contributed by atoms with Gasteiger partial charge in [0.05, 0.1) is 0 Å². The van der Waals surface area contributed by atoms with Crippen LogP contribution in [0.3, 0.4) is 0 Å². The molecule has 2 aromatic rings. The molecule has 0 aliphatic heterocycles. The van der Waals surface area contributed by atoms with Crippen LogP contribution in [0.15, 0.2) is 36.7 Å².